The maximum absolute atomic E-state index is 10.7. The van der Waals surface area contributed by atoms with E-state index in [1.165, 1.54) is 25.3 Å². The van der Waals surface area contributed by atoms with Crippen LogP contribution in [0.1, 0.15) is 15.9 Å². The third-order valence-corrected chi connectivity index (χ3v) is 1.88. The number of carboxylic acids is 1. The van der Waals surface area contributed by atoms with Crippen molar-refractivity contribution < 1.29 is 19.7 Å². The molecule has 0 aliphatic rings. The summed E-state index contributed by atoms with van der Waals surface area (Å²) in [6.07, 6.45) is 3.13. The smallest absolute Gasteiger partial charge is 0.335 e. The third-order valence-electron chi connectivity index (χ3n) is 1.88. The lowest BCUT2D eigenvalue weighted by Crippen LogP contribution is -1.97. The highest BCUT2D eigenvalue weighted by atomic mass is 16.5. The predicted octanol–water partition coefficient (Wildman–Crippen LogP) is 1.40. The van der Waals surface area contributed by atoms with Crippen LogP contribution in [0, 0.1) is 0 Å². The molecule has 1 aromatic rings. The van der Waals surface area contributed by atoms with Gasteiger partial charge in [-0.2, -0.15) is 0 Å². The number of benzene rings is 1. The second-order valence-corrected chi connectivity index (χ2v) is 2.85. The average Bonchev–Trinajstić information content (AvgIpc) is 2.25. The first-order chi connectivity index (χ1) is 7.19. The molecule has 0 saturated heterocycles. The van der Waals surface area contributed by atoms with E-state index < -0.39 is 5.97 Å². The molecule has 0 saturated carbocycles. The Hall–Kier alpha value is -1.81. The highest BCUT2D eigenvalue weighted by Gasteiger charge is 2.06. The summed E-state index contributed by atoms with van der Waals surface area (Å²) in [6, 6.07) is 4.55. The van der Waals surface area contributed by atoms with E-state index in [0.717, 1.165) is 0 Å². The molecule has 2 N–H and O–H groups in total. The van der Waals surface area contributed by atoms with Crippen LogP contribution < -0.4 is 4.74 Å². The van der Waals surface area contributed by atoms with E-state index in [-0.39, 0.29) is 12.2 Å². The van der Waals surface area contributed by atoms with E-state index >= 15 is 0 Å². The van der Waals surface area contributed by atoms with Crippen LogP contribution in [0.2, 0.25) is 0 Å². The van der Waals surface area contributed by atoms with Crippen LogP contribution in [0.25, 0.3) is 6.08 Å². The minimum absolute atomic E-state index is 0.0968. The molecule has 80 valence electrons. The summed E-state index contributed by atoms with van der Waals surface area (Å²) < 4.78 is 5.05. The van der Waals surface area contributed by atoms with Gasteiger partial charge in [-0.25, -0.2) is 4.79 Å². The molecule has 0 aromatic heterocycles. The summed E-state index contributed by atoms with van der Waals surface area (Å²) >= 11 is 0. The van der Waals surface area contributed by atoms with Crippen molar-refractivity contribution in [3.8, 4) is 5.75 Å². The molecule has 0 heterocycles. The molecule has 0 fully saturated rings. The molecule has 0 radical (unpaired) electrons. The molecule has 0 amide bonds. The molecule has 0 unspecified atom stereocenters. The molecule has 4 nitrogen and oxygen atoms in total. The van der Waals surface area contributed by atoms with Gasteiger partial charge >= 0.3 is 5.97 Å². The fourth-order valence-electron chi connectivity index (χ4n) is 1.18. The van der Waals surface area contributed by atoms with Gasteiger partial charge in [0.25, 0.3) is 0 Å². The van der Waals surface area contributed by atoms with Crippen LogP contribution in [-0.2, 0) is 0 Å². The highest BCUT2D eigenvalue weighted by Crippen LogP contribution is 2.21. The Kier molecular flexibility index (Phi) is 3.88. The van der Waals surface area contributed by atoms with Gasteiger partial charge < -0.3 is 14.9 Å². The normalized spacial score (nSPS) is 10.5. The third kappa shape index (κ3) is 2.82. The summed E-state index contributed by atoms with van der Waals surface area (Å²) in [5.41, 5.74) is 0.819. The number of carboxylic acid groups (broad SMARTS) is 1. The Balaban J connectivity index is 3.13. The van der Waals surface area contributed by atoms with Crippen LogP contribution in [0.15, 0.2) is 24.3 Å². The fourth-order valence-corrected chi connectivity index (χ4v) is 1.18. The molecule has 15 heavy (non-hydrogen) atoms. The van der Waals surface area contributed by atoms with E-state index in [0.29, 0.717) is 11.3 Å². The zero-order valence-electron chi connectivity index (χ0n) is 8.30. The first kappa shape index (κ1) is 11.3. The summed E-state index contributed by atoms with van der Waals surface area (Å²) in [5, 5.41) is 17.4. The number of aromatic carboxylic acids is 1. The van der Waals surface area contributed by atoms with Gasteiger partial charge in [-0.15, -0.1) is 0 Å². The lowest BCUT2D eigenvalue weighted by Gasteiger charge is -2.05. The van der Waals surface area contributed by atoms with Crippen molar-refractivity contribution in [3.63, 3.8) is 0 Å². The quantitative estimate of drug-likeness (QED) is 0.784. The monoisotopic (exact) mass is 208 g/mol. The van der Waals surface area contributed by atoms with Gasteiger partial charge in [0.05, 0.1) is 19.3 Å². The van der Waals surface area contributed by atoms with Crippen molar-refractivity contribution in [1.82, 2.24) is 0 Å². The topological polar surface area (TPSA) is 66.8 Å². The van der Waals surface area contributed by atoms with Gasteiger partial charge in [-0.1, -0.05) is 12.2 Å². The van der Waals surface area contributed by atoms with Crippen LogP contribution in [0.5, 0.6) is 5.75 Å². The van der Waals surface area contributed by atoms with Crippen molar-refractivity contribution in [1.29, 1.82) is 0 Å². The molecular weight excluding hydrogens is 196 g/mol. The molecule has 0 atom stereocenters. The van der Waals surface area contributed by atoms with Crippen LogP contribution in [-0.4, -0.2) is 29.9 Å². The molecular formula is C11H12O4. The van der Waals surface area contributed by atoms with Gasteiger partial charge in [-0.05, 0) is 18.2 Å². The number of hydrogen-bond donors (Lipinski definition) is 2. The SMILES string of the molecule is COc1ccc(C(=O)O)cc1C=CCO. The number of carbonyl (C=O) groups is 1. The van der Waals surface area contributed by atoms with Crippen LogP contribution in [0.3, 0.4) is 0 Å². The Labute approximate surface area is 87.4 Å². The Bertz CT molecular complexity index is 382. The maximum atomic E-state index is 10.7. The number of hydrogen-bond acceptors (Lipinski definition) is 3. The molecule has 4 heteroatoms. The standard InChI is InChI=1S/C11H12O4/c1-15-10-5-4-9(11(13)14)7-8(10)3-2-6-12/h2-5,7,12H,6H2,1H3,(H,13,14). The first-order valence-corrected chi connectivity index (χ1v) is 4.37. The number of aliphatic hydroxyl groups excluding tert-OH is 1. The lowest BCUT2D eigenvalue weighted by atomic mass is 10.1. The molecule has 1 aromatic carbocycles. The van der Waals surface area contributed by atoms with Crippen molar-refractivity contribution in [2.45, 2.75) is 0 Å². The van der Waals surface area contributed by atoms with Crippen molar-refractivity contribution >= 4 is 12.0 Å². The van der Waals surface area contributed by atoms with Gasteiger partial charge in [0.15, 0.2) is 0 Å². The Morgan fingerprint density at radius 1 is 1.53 bits per heavy atom. The number of ether oxygens (including phenoxy) is 1. The number of methoxy groups -OCH3 is 1. The summed E-state index contributed by atoms with van der Waals surface area (Å²) in [7, 11) is 1.51. The summed E-state index contributed by atoms with van der Waals surface area (Å²) in [5.74, 6) is -0.416. The zero-order valence-corrected chi connectivity index (χ0v) is 8.30. The highest BCUT2D eigenvalue weighted by molar-refractivity contribution is 5.88. The van der Waals surface area contributed by atoms with Gasteiger partial charge in [-0.3, -0.25) is 0 Å². The van der Waals surface area contributed by atoms with Crippen molar-refractivity contribution in [3.05, 3.63) is 35.4 Å². The van der Waals surface area contributed by atoms with E-state index in [4.69, 9.17) is 14.9 Å². The average molecular weight is 208 g/mol. The molecule has 0 bridgehead atoms. The van der Waals surface area contributed by atoms with Crippen molar-refractivity contribution in [2.75, 3.05) is 13.7 Å². The molecule has 0 aliphatic heterocycles. The molecule has 0 spiro atoms. The predicted molar refractivity (Wildman–Crippen MR) is 56.1 cm³/mol. The maximum Gasteiger partial charge on any atom is 0.335 e. The van der Waals surface area contributed by atoms with Gasteiger partial charge in [0, 0.05) is 5.56 Å². The summed E-state index contributed by atoms with van der Waals surface area (Å²) in [4.78, 5) is 10.7. The van der Waals surface area contributed by atoms with Gasteiger partial charge in [0.1, 0.15) is 5.75 Å². The van der Waals surface area contributed by atoms with E-state index in [9.17, 15) is 4.79 Å². The lowest BCUT2D eigenvalue weighted by molar-refractivity contribution is 0.0697. The van der Waals surface area contributed by atoms with Crippen LogP contribution in [0.4, 0.5) is 0 Å². The first-order valence-electron chi connectivity index (χ1n) is 4.37. The summed E-state index contributed by atoms with van der Waals surface area (Å²) in [6.45, 7) is -0.0968. The van der Waals surface area contributed by atoms with Gasteiger partial charge in [0.2, 0.25) is 0 Å². The van der Waals surface area contributed by atoms with Crippen LogP contribution >= 0.6 is 0 Å². The second-order valence-electron chi connectivity index (χ2n) is 2.85. The minimum atomic E-state index is -0.990. The number of aliphatic hydroxyl groups is 1. The largest absolute Gasteiger partial charge is 0.496 e. The second kappa shape index (κ2) is 5.17. The fraction of sp³-hybridized carbons (Fsp3) is 0.182. The number of rotatable bonds is 4. The Morgan fingerprint density at radius 2 is 2.27 bits per heavy atom. The molecule has 0 aliphatic carbocycles. The van der Waals surface area contributed by atoms with E-state index in [1.807, 2.05) is 0 Å². The van der Waals surface area contributed by atoms with E-state index in [2.05, 4.69) is 0 Å². The molecule has 1 rings (SSSR count). The minimum Gasteiger partial charge on any atom is -0.496 e. The van der Waals surface area contributed by atoms with Crippen molar-refractivity contribution in [2.24, 2.45) is 0 Å². The van der Waals surface area contributed by atoms with E-state index in [1.54, 1.807) is 12.1 Å². The Morgan fingerprint density at radius 3 is 2.80 bits per heavy atom. The zero-order chi connectivity index (χ0) is 11.3.